The van der Waals surface area contributed by atoms with Crippen molar-refractivity contribution in [3.63, 3.8) is 0 Å². The Kier molecular flexibility index (Phi) is 15.1. The zero-order chi connectivity index (χ0) is 35.9. The molecule has 0 aliphatic carbocycles. The minimum Gasteiger partial charge on any atom is -0.464 e. The standard InChI is InChI=1S/C37H53N3O10/c1-5-46-34(42)32(20-25(2)3)40-33(41)16-15-28-21-30(48-36(44)39-23-27-12-8-11-26-10-6-7-14-31(26)27)22-37(49-28)17-9-13-29(50-37)24-47-35(43)38-18-19-45-4/h6-8,10-12,14,25,28-30,32H,5,9,13,15-24H2,1-4H3,(H,38,43)(H,39,44)(H,40,41)/t28-,29-,30-,32+,37+/m1/s1. The Morgan fingerprint density at radius 1 is 0.980 bits per heavy atom. The summed E-state index contributed by atoms with van der Waals surface area (Å²) in [7, 11) is 1.55. The van der Waals surface area contributed by atoms with Gasteiger partial charge in [-0.1, -0.05) is 56.3 Å². The van der Waals surface area contributed by atoms with Crippen LogP contribution < -0.4 is 16.0 Å². The van der Waals surface area contributed by atoms with Crippen molar-refractivity contribution in [2.45, 2.75) is 109 Å². The van der Waals surface area contributed by atoms with Gasteiger partial charge in [0.25, 0.3) is 0 Å². The third-order valence-electron chi connectivity index (χ3n) is 8.77. The van der Waals surface area contributed by atoms with E-state index >= 15 is 0 Å². The van der Waals surface area contributed by atoms with E-state index in [9.17, 15) is 19.2 Å². The molecule has 0 saturated carbocycles. The lowest BCUT2D eigenvalue weighted by atomic mass is 9.90. The molecule has 0 radical (unpaired) electrons. The summed E-state index contributed by atoms with van der Waals surface area (Å²) in [5, 5.41) is 10.5. The fraction of sp³-hybridized carbons (Fsp3) is 0.622. The van der Waals surface area contributed by atoms with E-state index in [0.29, 0.717) is 51.8 Å². The molecule has 2 fully saturated rings. The van der Waals surface area contributed by atoms with Gasteiger partial charge in [0, 0.05) is 45.9 Å². The molecule has 0 aromatic heterocycles. The summed E-state index contributed by atoms with van der Waals surface area (Å²) in [5.74, 6) is -1.67. The molecular weight excluding hydrogens is 646 g/mol. The number of ether oxygens (including phenoxy) is 6. The summed E-state index contributed by atoms with van der Waals surface area (Å²) in [5.41, 5.74) is 0.968. The monoisotopic (exact) mass is 699 g/mol. The molecule has 2 aromatic rings. The highest BCUT2D eigenvalue weighted by Gasteiger charge is 2.47. The number of fused-ring (bicyclic) bond motifs is 1. The van der Waals surface area contributed by atoms with Crippen molar-refractivity contribution in [2.75, 3.05) is 33.5 Å². The normalized spacial score (nSPS) is 22.5. The molecule has 2 aliphatic heterocycles. The number of hydrogen-bond acceptors (Lipinski definition) is 10. The molecule has 2 saturated heterocycles. The SMILES string of the molecule is CCOC(=O)[C@H](CC(C)C)NC(=O)CC[C@@H]1C[C@@H](OC(=O)NCc2cccc3ccccc23)C[C@@]2(CCC[C@H](COC(=O)NCCOC)O2)O1. The molecule has 2 aromatic carbocycles. The van der Waals surface area contributed by atoms with Gasteiger partial charge in [-0.15, -0.1) is 0 Å². The molecule has 5 atom stereocenters. The molecule has 1 spiro atoms. The third kappa shape index (κ3) is 12.1. The zero-order valence-electron chi connectivity index (χ0n) is 29.7. The molecule has 3 amide bonds. The van der Waals surface area contributed by atoms with Crippen LogP contribution in [0.5, 0.6) is 0 Å². The number of esters is 1. The largest absolute Gasteiger partial charge is 0.464 e. The van der Waals surface area contributed by atoms with Crippen LogP contribution in [0.3, 0.4) is 0 Å². The van der Waals surface area contributed by atoms with Crippen molar-refractivity contribution < 1.29 is 47.6 Å². The Labute approximate surface area is 294 Å². The number of nitrogens with one attached hydrogen (secondary N) is 3. The van der Waals surface area contributed by atoms with Gasteiger partial charge in [0.05, 0.1) is 25.4 Å². The Hall–Kier alpha value is -3.94. The lowest BCUT2D eigenvalue weighted by Gasteiger charge is -2.47. The lowest BCUT2D eigenvalue weighted by Crippen LogP contribution is -2.54. The summed E-state index contributed by atoms with van der Waals surface area (Å²) < 4.78 is 34.5. The number of amides is 3. The second kappa shape index (κ2) is 19.5. The first-order valence-corrected chi connectivity index (χ1v) is 17.7. The summed E-state index contributed by atoms with van der Waals surface area (Å²) in [6, 6.07) is 13.2. The van der Waals surface area contributed by atoms with Crippen LogP contribution >= 0.6 is 0 Å². The second-order valence-electron chi connectivity index (χ2n) is 13.3. The molecule has 2 aliphatic rings. The number of hydrogen-bond donors (Lipinski definition) is 3. The Bertz CT molecular complexity index is 1420. The zero-order valence-corrected chi connectivity index (χ0v) is 29.7. The minimum atomic E-state index is -1.09. The van der Waals surface area contributed by atoms with Crippen molar-refractivity contribution in [3.8, 4) is 0 Å². The van der Waals surface area contributed by atoms with Crippen LogP contribution in [0.25, 0.3) is 10.8 Å². The van der Waals surface area contributed by atoms with E-state index in [-0.39, 0.29) is 37.9 Å². The highest BCUT2D eigenvalue weighted by Crippen LogP contribution is 2.41. The number of carbonyl (C=O) groups excluding carboxylic acids is 4. The first-order valence-electron chi connectivity index (χ1n) is 17.7. The molecule has 3 N–H and O–H groups in total. The summed E-state index contributed by atoms with van der Waals surface area (Å²) >= 11 is 0. The first-order chi connectivity index (χ1) is 24.1. The van der Waals surface area contributed by atoms with Crippen molar-refractivity contribution in [2.24, 2.45) is 5.92 Å². The van der Waals surface area contributed by atoms with Crippen LogP contribution in [0.4, 0.5) is 9.59 Å². The van der Waals surface area contributed by atoms with E-state index in [1.165, 1.54) is 0 Å². The van der Waals surface area contributed by atoms with Gasteiger partial charge >= 0.3 is 18.2 Å². The van der Waals surface area contributed by atoms with Crippen LogP contribution in [-0.4, -0.2) is 87.7 Å². The lowest BCUT2D eigenvalue weighted by molar-refractivity contribution is -0.329. The van der Waals surface area contributed by atoms with Crippen molar-refractivity contribution >= 4 is 34.8 Å². The van der Waals surface area contributed by atoms with Gasteiger partial charge < -0.3 is 44.4 Å². The average Bonchev–Trinajstić information content (AvgIpc) is 3.08. The van der Waals surface area contributed by atoms with E-state index in [4.69, 9.17) is 28.4 Å². The van der Waals surface area contributed by atoms with E-state index in [1.807, 2.05) is 56.3 Å². The van der Waals surface area contributed by atoms with Gasteiger partial charge in [-0.2, -0.15) is 0 Å². The molecule has 0 unspecified atom stereocenters. The molecular formula is C37H53N3O10. The van der Waals surface area contributed by atoms with Gasteiger partial charge in [-0.25, -0.2) is 14.4 Å². The van der Waals surface area contributed by atoms with E-state index in [1.54, 1.807) is 14.0 Å². The molecule has 4 rings (SSSR count). The Balaban J connectivity index is 1.40. The molecule has 50 heavy (non-hydrogen) atoms. The minimum absolute atomic E-state index is 0.0269. The number of methoxy groups -OCH3 is 1. The van der Waals surface area contributed by atoms with Crippen LogP contribution in [0, 0.1) is 5.92 Å². The Morgan fingerprint density at radius 2 is 1.76 bits per heavy atom. The van der Waals surface area contributed by atoms with Crippen molar-refractivity contribution in [1.82, 2.24) is 16.0 Å². The van der Waals surface area contributed by atoms with Gasteiger partial charge in [0.2, 0.25) is 5.91 Å². The molecule has 2 heterocycles. The average molecular weight is 700 g/mol. The fourth-order valence-electron chi connectivity index (χ4n) is 6.53. The van der Waals surface area contributed by atoms with Crippen molar-refractivity contribution in [1.29, 1.82) is 0 Å². The van der Waals surface area contributed by atoms with Gasteiger partial charge in [-0.3, -0.25) is 4.79 Å². The summed E-state index contributed by atoms with van der Waals surface area (Å²) in [6.07, 6.45) is 0.842. The van der Waals surface area contributed by atoms with Crippen LogP contribution in [0.15, 0.2) is 42.5 Å². The van der Waals surface area contributed by atoms with Gasteiger partial charge in [0.15, 0.2) is 5.79 Å². The van der Waals surface area contributed by atoms with Gasteiger partial charge in [0.1, 0.15) is 18.8 Å². The number of alkyl carbamates (subject to hydrolysis) is 2. The third-order valence-corrected chi connectivity index (χ3v) is 8.77. The Morgan fingerprint density at radius 3 is 2.54 bits per heavy atom. The van der Waals surface area contributed by atoms with Crippen LogP contribution in [0.2, 0.25) is 0 Å². The topological polar surface area (TPSA) is 160 Å². The van der Waals surface area contributed by atoms with Crippen LogP contribution in [0.1, 0.15) is 77.7 Å². The first kappa shape index (κ1) is 38.9. The maximum Gasteiger partial charge on any atom is 0.407 e. The highest BCUT2D eigenvalue weighted by molar-refractivity contribution is 5.86. The van der Waals surface area contributed by atoms with E-state index in [0.717, 1.165) is 22.8 Å². The number of benzene rings is 2. The number of carbonyl (C=O) groups is 4. The fourth-order valence-corrected chi connectivity index (χ4v) is 6.53. The highest BCUT2D eigenvalue weighted by atomic mass is 16.7. The second-order valence-corrected chi connectivity index (χ2v) is 13.3. The van der Waals surface area contributed by atoms with Crippen molar-refractivity contribution in [3.05, 3.63) is 48.0 Å². The van der Waals surface area contributed by atoms with Gasteiger partial charge in [-0.05, 0) is 54.9 Å². The predicted molar refractivity (Wildman–Crippen MR) is 185 cm³/mol. The molecule has 0 bridgehead atoms. The quantitative estimate of drug-likeness (QED) is 0.122. The summed E-state index contributed by atoms with van der Waals surface area (Å²) in [4.78, 5) is 50.8. The molecule has 13 nitrogen and oxygen atoms in total. The van der Waals surface area contributed by atoms with Crippen LogP contribution in [-0.2, 0) is 44.6 Å². The smallest absolute Gasteiger partial charge is 0.407 e. The van der Waals surface area contributed by atoms with E-state index < -0.39 is 48.3 Å². The number of rotatable bonds is 16. The maximum absolute atomic E-state index is 13.1. The van der Waals surface area contributed by atoms with E-state index in [2.05, 4.69) is 16.0 Å². The molecule has 13 heteroatoms. The summed E-state index contributed by atoms with van der Waals surface area (Å²) in [6.45, 7) is 6.91. The maximum atomic E-state index is 13.1. The predicted octanol–water partition coefficient (Wildman–Crippen LogP) is 5.13. The molecule has 276 valence electrons.